The zero-order valence-electron chi connectivity index (χ0n) is 14.0. The third-order valence-corrected chi connectivity index (χ3v) is 4.35. The predicted octanol–water partition coefficient (Wildman–Crippen LogP) is 1.91. The summed E-state index contributed by atoms with van der Waals surface area (Å²) >= 11 is 0. The number of nitrogens with one attached hydrogen (secondary N) is 1. The first-order chi connectivity index (χ1) is 12.2. The standard InChI is InChI=1S/C18H19N5O2/c1-19-17(24)14-6-4-8-16(20-14)22-9-11-23(12-10-22)18-21-13-5-2-3-7-15(13)25-18/h2-8H,9-12H2,1H3,(H,19,24). The number of para-hydroxylation sites is 2. The smallest absolute Gasteiger partial charge is 0.298 e. The van der Waals surface area contributed by atoms with Gasteiger partial charge in [-0.05, 0) is 24.3 Å². The maximum absolute atomic E-state index is 11.7. The van der Waals surface area contributed by atoms with Crippen molar-refractivity contribution in [2.45, 2.75) is 0 Å². The molecule has 7 nitrogen and oxygen atoms in total. The number of nitrogens with zero attached hydrogens (tertiary/aromatic N) is 4. The van der Waals surface area contributed by atoms with Gasteiger partial charge >= 0.3 is 0 Å². The summed E-state index contributed by atoms with van der Waals surface area (Å²) in [7, 11) is 1.61. The average molecular weight is 337 g/mol. The lowest BCUT2D eigenvalue weighted by Crippen LogP contribution is -2.47. The molecule has 25 heavy (non-hydrogen) atoms. The first-order valence-corrected chi connectivity index (χ1v) is 8.29. The van der Waals surface area contributed by atoms with Crippen LogP contribution < -0.4 is 15.1 Å². The van der Waals surface area contributed by atoms with Crippen molar-refractivity contribution in [2.75, 3.05) is 43.0 Å². The van der Waals surface area contributed by atoms with Gasteiger partial charge in [0, 0.05) is 33.2 Å². The molecule has 1 fully saturated rings. The monoisotopic (exact) mass is 337 g/mol. The highest BCUT2D eigenvalue weighted by molar-refractivity contribution is 5.92. The van der Waals surface area contributed by atoms with Gasteiger partial charge in [-0.15, -0.1) is 0 Å². The van der Waals surface area contributed by atoms with E-state index in [4.69, 9.17) is 4.42 Å². The Balaban J connectivity index is 1.47. The second-order valence-corrected chi connectivity index (χ2v) is 5.90. The first kappa shape index (κ1) is 15.4. The number of hydrogen-bond acceptors (Lipinski definition) is 6. The number of oxazole rings is 1. The molecule has 2 aromatic heterocycles. The van der Waals surface area contributed by atoms with E-state index in [2.05, 4.69) is 25.1 Å². The minimum Gasteiger partial charge on any atom is -0.423 e. The Kier molecular flexibility index (Phi) is 3.97. The molecule has 0 saturated carbocycles. The second-order valence-electron chi connectivity index (χ2n) is 5.90. The fourth-order valence-electron chi connectivity index (χ4n) is 2.98. The van der Waals surface area contributed by atoms with E-state index in [1.54, 1.807) is 13.1 Å². The Labute approximate surface area is 145 Å². The first-order valence-electron chi connectivity index (χ1n) is 8.29. The molecule has 7 heteroatoms. The van der Waals surface area contributed by atoms with E-state index in [1.165, 1.54) is 0 Å². The lowest BCUT2D eigenvalue weighted by atomic mass is 10.3. The summed E-state index contributed by atoms with van der Waals surface area (Å²) < 4.78 is 5.84. The molecule has 128 valence electrons. The summed E-state index contributed by atoms with van der Waals surface area (Å²) in [4.78, 5) is 25.1. The quantitative estimate of drug-likeness (QED) is 0.787. The number of amides is 1. The Bertz CT molecular complexity index is 866. The molecule has 0 unspecified atom stereocenters. The predicted molar refractivity (Wildman–Crippen MR) is 96.1 cm³/mol. The molecule has 1 aromatic carbocycles. The molecule has 1 aliphatic rings. The molecule has 0 spiro atoms. The molecule has 1 N–H and O–H groups in total. The van der Waals surface area contributed by atoms with E-state index >= 15 is 0 Å². The highest BCUT2D eigenvalue weighted by Gasteiger charge is 2.22. The number of carbonyl (C=O) groups excluding carboxylic acids is 1. The van der Waals surface area contributed by atoms with Gasteiger partial charge in [0.15, 0.2) is 5.58 Å². The summed E-state index contributed by atoms with van der Waals surface area (Å²) in [6.07, 6.45) is 0. The molecule has 3 heterocycles. The van der Waals surface area contributed by atoms with Crippen LogP contribution in [0, 0.1) is 0 Å². The summed E-state index contributed by atoms with van der Waals surface area (Å²) in [5.41, 5.74) is 2.11. The molecule has 0 radical (unpaired) electrons. The van der Waals surface area contributed by atoms with Gasteiger partial charge < -0.3 is 19.5 Å². The fraction of sp³-hybridized carbons (Fsp3) is 0.278. The number of aromatic nitrogens is 2. The van der Waals surface area contributed by atoms with Crippen LogP contribution in [0.15, 0.2) is 46.9 Å². The number of hydrogen-bond donors (Lipinski definition) is 1. The number of benzene rings is 1. The normalized spacial score (nSPS) is 14.8. The van der Waals surface area contributed by atoms with E-state index in [1.807, 2.05) is 36.4 Å². The number of pyridine rings is 1. The molecule has 0 bridgehead atoms. The lowest BCUT2D eigenvalue weighted by Gasteiger charge is -2.34. The van der Waals surface area contributed by atoms with Crippen molar-refractivity contribution in [1.29, 1.82) is 0 Å². The van der Waals surface area contributed by atoms with E-state index in [9.17, 15) is 4.79 Å². The van der Waals surface area contributed by atoms with Crippen molar-refractivity contribution in [2.24, 2.45) is 0 Å². The Hall–Kier alpha value is -3.09. The average Bonchev–Trinajstić information content (AvgIpc) is 3.12. The van der Waals surface area contributed by atoms with Gasteiger partial charge in [0.25, 0.3) is 11.9 Å². The summed E-state index contributed by atoms with van der Waals surface area (Å²) in [5, 5.41) is 2.60. The van der Waals surface area contributed by atoms with Crippen molar-refractivity contribution < 1.29 is 9.21 Å². The van der Waals surface area contributed by atoms with Crippen molar-refractivity contribution in [3.05, 3.63) is 48.2 Å². The van der Waals surface area contributed by atoms with Crippen LogP contribution in [0.5, 0.6) is 0 Å². The largest absolute Gasteiger partial charge is 0.423 e. The number of rotatable bonds is 3. The van der Waals surface area contributed by atoms with Crippen molar-refractivity contribution in [3.8, 4) is 0 Å². The number of fused-ring (bicyclic) bond motifs is 1. The van der Waals surface area contributed by atoms with E-state index in [-0.39, 0.29) is 5.91 Å². The minimum atomic E-state index is -0.174. The molecule has 1 saturated heterocycles. The zero-order valence-corrected chi connectivity index (χ0v) is 14.0. The fourth-order valence-corrected chi connectivity index (χ4v) is 2.98. The van der Waals surface area contributed by atoms with Gasteiger partial charge in [-0.25, -0.2) is 4.98 Å². The van der Waals surface area contributed by atoms with Gasteiger partial charge in [0.1, 0.15) is 17.0 Å². The van der Waals surface area contributed by atoms with Gasteiger partial charge in [-0.2, -0.15) is 4.98 Å². The van der Waals surface area contributed by atoms with Gasteiger partial charge in [-0.1, -0.05) is 18.2 Å². The van der Waals surface area contributed by atoms with Gasteiger partial charge in [0.05, 0.1) is 0 Å². The SMILES string of the molecule is CNC(=O)c1cccc(N2CCN(c3nc4ccccc4o3)CC2)n1. The maximum atomic E-state index is 11.7. The second kappa shape index (κ2) is 6.43. The molecule has 0 atom stereocenters. The maximum Gasteiger partial charge on any atom is 0.298 e. The Morgan fingerprint density at radius 2 is 1.76 bits per heavy atom. The van der Waals surface area contributed by atoms with E-state index in [0.717, 1.165) is 43.1 Å². The molecular formula is C18H19N5O2. The van der Waals surface area contributed by atoms with Crippen LogP contribution in [0.25, 0.3) is 11.1 Å². The summed E-state index contributed by atoms with van der Waals surface area (Å²) in [6.45, 7) is 3.17. The molecule has 1 aliphatic heterocycles. The van der Waals surface area contributed by atoms with Crippen LogP contribution in [0.2, 0.25) is 0 Å². The van der Waals surface area contributed by atoms with Gasteiger partial charge in [0.2, 0.25) is 0 Å². The van der Waals surface area contributed by atoms with Crippen LogP contribution in [-0.4, -0.2) is 49.1 Å². The third-order valence-electron chi connectivity index (χ3n) is 4.35. The lowest BCUT2D eigenvalue weighted by molar-refractivity contribution is 0.0958. The number of carbonyl (C=O) groups is 1. The molecule has 1 amide bonds. The van der Waals surface area contributed by atoms with Crippen molar-refractivity contribution >= 4 is 28.8 Å². The van der Waals surface area contributed by atoms with Crippen LogP contribution in [0.3, 0.4) is 0 Å². The topological polar surface area (TPSA) is 74.5 Å². The molecule has 0 aliphatic carbocycles. The highest BCUT2D eigenvalue weighted by Crippen LogP contribution is 2.23. The Morgan fingerprint density at radius 3 is 2.52 bits per heavy atom. The van der Waals surface area contributed by atoms with Crippen molar-refractivity contribution in [1.82, 2.24) is 15.3 Å². The van der Waals surface area contributed by atoms with Crippen molar-refractivity contribution in [3.63, 3.8) is 0 Å². The number of anilines is 2. The molecular weight excluding hydrogens is 318 g/mol. The van der Waals surface area contributed by atoms with E-state index < -0.39 is 0 Å². The molecule has 3 aromatic rings. The molecule has 4 rings (SSSR count). The van der Waals surface area contributed by atoms with Gasteiger partial charge in [-0.3, -0.25) is 4.79 Å². The zero-order chi connectivity index (χ0) is 17.2. The van der Waals surface area contributed by atoms with Crippen LogP contribution in [-0.2, 0) is 0 Å². The van der Waals surface area contributed by atoms with E-state index in [0.29, 0.717) is 11.7 Å². The van der Waals surface area contributed by atoms with Crippen LogP contribution >= 0.6 is 0 Å². The Morgan fingerprint density at radius 1 is 1.00 bits per heavy atom. The third kappa shape index (κ3) is 3.00. The number of piperazine rings is 1. The highest BCUT2D eigenvalue weighted by atomic mass is 16.4. The van der Waals surface area contributed by atoms with Crippen LogP contribution in [0.4, 0.5) is 11.8 Å². The summed E-state index contributed by atoms with van der Waals surface area (Å²) in [5.74, 6) is 0.644. The van der Waals surface area contributed by atoms with Crippen LogP contribution in [0.1, 0.15) is 10.5 Å². The summed E-state index contributed by atoms with van der Waals surface area (Å²) in [6, 6.07) is 14.0. The minimum absolute atomic E-state index is 0.174.